The van der Waals surface area contributed by atoms with Crippen LogP contribution < -0.4 is 26.8 Å². The summed E-state index contributed by atoms with van der Waals surface area (Å²) < 4.78 is 28.4. The van der Waals surface area contributed by atoms with Gasteiger partial charge in [-0.2, -0.15) is 0 Å². The molecule has 0 saturated heterocycles. The van der Waals surface area contributed by atoms with Gasteiger partial charge in [0.1, 0.15) is 12.2 Å². The molecule has 0 bridgehead atoms. The number of guanidine groups is 1. The van der Waals surface area contributed by atoms with E-state index in [0.717, 1.165) is 4.57 Å². The van der Waals surface area contributed by atoms with Gasteiger partial charge >= 0.3 is 0 Å². The molecule has 1 aromatic carbocycles. The molecule has 6 N–H and O–H groups in total. The molecule has 30 heavy (non-hydrogen) atoms. The fraction of sp³-hybridized carbons (Fsp3) is 0.235. The fourth-order valence-corrected chi connectivity index (χ4v) is 3.52. The van der Waals surface area contributed by atoms with Crippen LogP contribution in [0.15, 0.2) is 46.1 Å². The normalized spacial score (nSPS) is 11.0. The average Bonchev–Trinajstić information content (AvgIpc) is 2.67. The highest BCUT2D eigenvalue weighted by Gasteiger charge is 2.18. The van der Waals surface area contributed by atoms with Crippen molar-refractivity contribution in [2.45, 2.75) is 18.4 Å². The van der Waals surface area contributed by atoms with E-state index in [1.165, 1.54) is 36.4 Å². The molecule has 0 saturated carbocycles. The summed E-state index contributed by atoms with van der Waals surface area (Å²) >= 11 is 5.77. The van der Waals surface area contributed by atoms with Crippen molar-refractivity contribution in [3.05, 3.63) is 57.5 Å². The number of aryl methyl sites for hydroxylation is 1. The van der Waals surface area contributed by atoms with Gasteiger partial charge in [-0.05, 0) is 43.3 Å². The van der Waals surface area contributed by atoms with Gasteiger partial charge in [0.2, 0.25) is 11.9 Å². The van der Waals surface area contributed by atoms with Crippen LogP contribution in [0, 0.1) is 12.3 Å². The van der Waals surface area contributed by atoms with E-state index in [9.17, 15) is 18.0 Å². The van der Waals surface area contributed by atoms with Crippen LogP contribution in [-0.2, 0) is 26.2 Å². The number of nitrogens with one attached hydrogen (secondary N) is 4. The van der Waals surface area contributed by atoms with Crippen molar-refractivity contribution in [1.82, 2.24) is 15.4 Å². The van der Waals surface area contributed by atoms with Crippen molar-refractivity contribution in [1.29, 1.82) is 5.41 Å². The van der Waals surface area contributed by atoms with Gasteiger partial charge in [-0.3, -0.25) is 24.6 Å². The highest BCUT2D eigenvalue weighted by Crippen LogP contribution is 2.17. The molecule has 13 heteroatoms. The molecule has 1 heterocycles. The predicted octanol–water partition coefficient (Wildman–Crippen LogP) is 0.142. The fourth-order valence-electron chi connectivity index (χ4n) is 2.33. The molecule has 1 amide bonds. The topological polar surface area (TPSA) is 168 Å². The number of benzene rings is 1. The molecule has 1 aromatic heterocycles. The summed E-state index contributed by atoms with van der Waals surface area (Å²) in [6.45, 7) is 1.45. The number of pyridine rings is 1. The summed E-state index contributed by atoms with van der Waals surface area (Å²) in [5.41, 5.74) is 6.76. The van der Waals surface area contributed by atoms with E-state index in [2.05, 4.69) is 15.5 Å². The molecule has 0 aliphatic heterocycles. The molecule has 0 unspecified atom stereocenters. The number of rotatable bonds is 9. The minimum Gasteiger partial charge on any atom is -0.368 e. The highest BCUT2D eigenvalue weighted by atomic mass is 35.5. The number of sulfonamides is 1. The zero-order chi connectivity index (χ0) is 22.3. The first-order valence-corrected chi connectivity index (χ1v) is 10.4. The van der Waals surface area contributed by atoms with E-state index in [0.29, 0.717) is 10.7 Å². The van der Waals surface area contributed by atoms with E-state index < -0.39 is 21.5 Å². The van der Waals surface area contributed by atoms with Crippen molar-refractivity contribution in [3.8, 4) is 0 Å². The van der Waals surface area contributed by atoms with Crippen LogP contribution in [0.2, 0.25) is 5.02 Å². The first-order valence-electron chi connectivity index (χ1n) is 8.57. The van der Waals surface area contributed by atoms with Crippen LogP contribution in [0.5, 0.6) is 0 Å². The number of anilines is 1. The maximum Gasteiger partial charge on any atom is 0.275 e. The molecule has 162 valence electrons. The molecule has 2 rings (SSSR count). The van der Waals surface area contributed by atoms with Crippen molar-refractivity contribution in [2.24, 2.45) is 5.73 Å². The van der Waals surface area contributed by atoms with Crippen molar-refractivity contribution in [2.75, 3.05) is 17.9 Å². The molecule has 0 atom stereocenters. The van der Waals surface area contributed by atoms with Crippen LogP contribution in [0.25, 0.3) is 0 Å². The van der Waals surface area contributed by atoms with Gasteiger partial charge in [0.25, 0.3) is 15.6 Å². The number of nitrogens with zero attached hydrogens (tertiary/aromatic N) is 1. The van der Waals surface area contributed by atoms with E-state index >= 15 is 0 Å². The lowest BCUT2D eigenvalue weighted by Crippen LogP contribution is -2.37. The first kappa shape index (κ1) is 23.2. The minimum absolute atomic E-state index is 0.0418. The number of amides is 1. The van der Waals surface area contributed by atoms with Crippen molar-refractivity contribution < 1.29 is 18.0 Å². The smallest absolute Gasteiger partial charge is 0.275 e. The van der Waals surface area contributed by atoms with Crippen LogP contribution in [0.3, 0.4) is 0 Å². The van der Waals surface area contributed by atoms with Gasteiger partial charge in [0.15, 0.2) is 0 Å². The molecule has 2 aromatic rings. The number of carbonyl (C=O) groups excluding carboxylic acids is 1. The highest BCUT2D eigenvalue weighted by molar-refractivity contribution is 7.92. The summed E-state index contributed by atoms with van der Waals surface area (Å²) in [5, 5.41) is 9.83. The molecule has 0 aliphatic carbocycles. The zero-order valence-electron chi connectivity index (χ0n) is 15.9. The number of hydrogen-bond acceptors (Lipinski definition) is 6. The van der Waals surface area contributed by atoms with Crippen LogP contribution in [0.1, 0.15) is 5.69 Å². The van der Waals surface area contributed by atoms with E-state index in [1.54, 1.807) is 6.92 Å². The second-order valence-electron chi connectivity index (χ2n) is 6.05. The molecule has 0 aliphatic rings. The monoisotopic (exact) mass is 456 g/mol. The maximum absolute atomic E-state index is 12.7. The number of carbonyl (C=O) groups is 1. The number of aromatic nitrogens is 1. The minimum atomic E-state index is -4.01. The third-order valence-electron chi connectivity index (χ3n) is 3.77. The third-order valence-corrected chi connectivity index (χ3v) is 5.40. The Morgan fingerprint density at radius 2 is 1.90 bits per heavy atom. The van der Waals surface area contributed by atoms with Gasteiger partial charge in [-0.25, -0.2) is 13.9 Å². The quantitative estimate of drug-likeness (QED) is 0.155. The summed E-state index contributed by atoms with van der Waals surface area (Å²) in [6.07, 6.45) is 0. The molecule has 0 spiro atoms. The van der Waals surface area contributed by atoms with Crippen molar-refractivity contribution in [3.63, 3.8) is 0 Å². The molecular weight excluding hydrogens is 436 g/mol. The zero-order valence-corrected chi connectivity index (χ0v) is 17.5. The Hall–Kier alpha value is -3.09. The third kappa shape index (κ3) is 6.47. The number of hydroxylamine groups is 1. The van der Waals surface area contributed by atoms with E-state index in [4.69, 9.17) is 27.6 Å². The Labute approximate surface area is 177 Å². The van der Waals surface area contributed by atoms with Gasteiger partial charge in [-0.1, -0.05) is 11.6 Å². The Morgan fingerprint density at radius 3 is 2.53 bits per heavy atom. The Bertz CT molecular complexity index is 1080. The largest absolute Gasteiger partial charge is 0.368 e. The molecule has 11 nitrogen and oxygen atoms in total. The summed E-state index contributed by atoms with van der Waals surface area (Å²) in [6, 6.07) is 8.32. The van der Waals surface area contributed by atoms with Gasteiger partial charge in [0.05, 0.1) is 11.5 Å². The van der Waals surface area contributed by atoms with E-state index in [1.807, 2.05) is 0 Å². The predicted molar refractivity (Wildman–Crippen MR) is 112 cm³/mol. The Balaban J connectivity index is 2.09. The van der Waals surface area contributed by atoms with E-state index in [-0.39, 0.29) is 36.2 Å². The lowest BCUT2D eigenvalue weighted by atomic mass is 10.3. The van der Waals surface area contributed by atoms with Crippen molar-refractivity contribution >= 4 is 39.2 Å². The van der Waals surface area contributed by atoms with Gasteiger partial charge in [0, 0.05) is 17.3 Å². The molecule has 0 fully saturated rings. The number of halogens is 1. The number of hydrogen-bond donors (Lipinski definition) is 5. The lowest BCUT2D eigenvalue weighted by Gasteiger charge is -2.14. The molecule has 0 radical (unpaired) electrons. The maximum atomic E-state index is 12.7. The second kappa shape index (κ2) is 10.1. The molecular formula is C17H21ClN6O5S. The van der Waals surface area contributed by atoms with Crippen LogP contribution in [0.4, 0.5) is 5.69 Å². The van der Waals surface area contributed by atoms with Gasteiger partial charge in [-0.15, -0.1) is 0 Å². The number of nitrogens with two attached hydrogens (primary N) is 1. The Kier molecular flexibility index (Phi) is 7.80. The lowest BCUT2D eigenvalue weighted by molar-refractivity contribution is -0.122. The average molecular weight is 457 g/mol. The summed E-state index contributed by atoms with van der Waals surface area (Å²) in [4.78, 5) is 29.5. The van der Waals surface area contributed by atoms with Gasteiger partial charge < -0.3 is 15.6 Å². The SMILES string of the molecule is Cc1ccc(NS(=O)(=O)c2ccc(Cl)cc2)c(=O)n1CC(=O)NCCONC(=N)N. The standard InChI is InChI=1S/C17H21ClN6O5S/c1-11-2-7-14(23-30(27,28)13-5-3-12(18)4-6-13)16(26)24(11)10-15(25)21-8-9-29-22-17(19)20/h2-7,23H,8-10H2,1H3,(H,21,25)(H4,19,20,22). The van der Waals surface area contributed by atoms with Crippen LogP contribution in [-0.4, -0.2) is 38.0 Å². The Morgan fingerprint density at radius 1 is 1.23 bits per heavy atom. The second-order valence-corrected chi connectivity index (χ2v) is 8.17. The summed E-state index contributed by atoms with van der Waals surface area (Å²) in [7, 11) is -4.01. The summed E-state index contributed by atoms with van der Waals surface area (Å²) in [5.74, 6) is -0.856. The first-order chi connectivity index (χ1) is 14.1. The van der Waals surface area contributed by atoms with Crippen LogP contribution >= 0.6 is 11.6 Å².